The van der Waals surface area contributed by atoms with Crippen LogP contribution in [0.15, 0.2) is 212 Å². The second-order valence-corrected chi connectivity index (χ2v) is 25.8. The number of rotatable bonds is 4. The summed E-state index contributed by atoms with van der Waals surface area (Å²) in [5.41, 5.74) is 16.6. The molecule has 0 saturated heterocycles. The minimum atomic E-state index is -2.91. The number of hydrogen-bond acceptors (Lipinski definition) is 2. The standard InChI is InChI=1S/C66H53BN2Si/c1-65(2,3)46-20-16-21-48(40-46)68-56-41-47(66(4,5)6)34-37-53(56)67-54-26-17-29-60-64(54)69(55-27-13-14-28-59(55)70(60,49-22-9-7-10-23-49)50-24-11-8-12-25-50)58-39-45(38-57(68)63(58)67)51-35-32-44-31-30-42-18-15-19-43-33-36-52(51)62(44)61(42)43/h7-41H,1-6H3. The monoisotopic (exact) mass is 912 g/mol. The van der Waals surface area contributed by atoms with Crippen LogP contribution < -0.4 is 46.9 Å². The third kappa shape index (κ3) is 5.68. The first-order chi connectivity index (χ1) is 34.0. The molecule has 3 heterocycles. The fraction of sp³-hybridized carbons (Fsp3) is 0.121. The van der Waals surface area contributed by atoms with E-state index in [9.17, 15) is 0 Å². The number of hydrogen-bond donors (Lipinski definition) is 0. The van der Waals surface area contributed by atoms with E-state index in [1.54, 1.807) is 0 Å². The molecule has 0 fully saturated rings. The Hall–Kier alpha value is -7.66. The summed E-state index contributed by atoms with van der Waals surface area (Å²) in [6, 6.07) is 82.3. The van der Waals surface area contributed by atoms with Crippen LogP contribution in [0.1, 0.15) is 52.7 Å². The molecule has 11 aromatic rings. The first kappa shape index (κ1) is 41.3. The lowest BCUT2D eigenvalue weighted by Gasteiger charge is -2.51. The predicted molar refractivity (Wildman–Crippen MR) is 304 cm³/mol. The molecular formula is C66H53BN2Si. The third-order valence-electron chi connectivity index (χ3n) is 16.1. The molecular weight excluding hydrogens is 860 g/mol. The summed E-state index contributed by atoms with van der Waals surface area (Å²) in [5.74, 6) is 0. The Bertz CT molecular complexity index is 3880. The smallest absolute Gasteiger partial charge is 0.252 e. The molecule has 0 bridgehead atoms. The van der Waals surface area contributed by atoms with E-state index in [0.717, 1.165) is 0 Å². The molecule has 0 unspecified atom stereocenters. The first-order valence-corrected chi connectivity index (χ1v) is 27.0. The largest absolute Gasteiger partial charge is 0.312 e. The zero-order chi connectivity index (χ0) is 47.3. The van der Waals surface area contributed by atoms with Crippen molar-refractivity contribution in [2.75, 3.05) is 9.80 Å². The Kier molecular flexibility index (Phi) is 8.67. The maximum atomic E-state index is 2.70. The highest BCUT2D eigenvalue weighted by molar-refractivity contribution is 7.22. The lowest BCUT2D eigenvalue weighted by atomic mass is 9.33. The highest BCUT2D eigenvalue weighted by Gasteiger charge is 2.53. The van der Waals surface area contributed by atoms with E-state index in [-0.39, 0.29) is 17.5 Å². The molecule has 0 aliphatic carbocycles. The van der Waals surface area contributed by atoms with Gasteiger partial charge in [-0.2, -0.15) is 0 Å². The Morgan fingerprint density at radius 1 is 0.400 bits per heavy atom. The summed E-state index contributed by atoms with van der Waals surface area (Å²) in [7, 11) is -2.91. The molecule has 2 nitrogen and oxygen atoms in total. The number of benzene rings is 11. The number of fused-ring (bicyclic) bond motifs is 6. The molecule has 334 valence electrons. The van der Waals surface area contributed by atoms with Gasteiger partial charge in [-0.15, -0.1) is 0 Å². The number of anilines is 6. The minimum Gasteiger partial charge on any atom is -0.312 e. The molecule has 70 heavy (non-hydrogen) atoms. The molecule has 0 amide bonds. The van der Waals surface area contributed by atoms with Crippen LogP contribution in [-0.2, 0) is 10.8 Å². The molecule has 0 aromatic heterocycles. The second-order valence-electron chi connectivity index (χ2n) is 22.1. The molecule has 4 heteroatoms. The zero-order valence-corrected chi connectivity index (χ0v) is 41.7. The van der Waals surface area contributed by atoms with Crippen LogP contribution in [0.3, 0.4) is 0 Å². The van der Waals surface area contributed by atoms with Crippen molar-refractivity contribution in [3.05, 3.63) is 223 Å². The maximum absolute atomic E-state index is 2.91. The molecule has 0 N–H and O–H groups in total. The van der Waals surface area contributed by atoms with Gasteiger partial charge in [0.25, 0.3) is 6.71 Å². The van der Waals surface area contributed by atoms with Crippen molar-refractivity contribution < 1.29 is 0 Å². The third-order valence-corrected chi connectivity index (χ3v) is 21.0. The van der Waals surface area contributed by atoms with Gasteiger partial charge >= 0.3 is 0 Å². The van der Waals surface area contributed by atoms with Crippen LogP contribution in [0.2, 0.25) is 0 Å². The van der Waals surface area contributed by atoms with Gasteiger partial charge in [0.2, 0.25) is 0 Å². The minimum absolute atomic E-state index is 0.0128. The summed E-state index contributed by atoms with van der Waals surface area (Å²) in [6.07, 6.45) is 0. The molecule has 0 saturated carbocycles. The van der Waals surface area contributed by atoms with Crippen molar-refractivity contribution in [2.24, 2.45) is 0 Å². The van der Waals surface area contributed by atoms with E-state index in [4.69, 9.17) is 0 Å². The molecule has 0 radical (unpaired) electrons. The Morgan fingerprint density at radius 3 is 1.70 bits per heavy atom. The number of nitrogens with zero attached hydrogens (tertiary/aromatic N) is 2. The second kappa shape index (κ2) is 14.7. The van der Waals surface area contributed by atoms with Gasteiger partial charge in [-0.1, -0.05) is 217 Å². The van der Waals surface area contributed by atoms with Gasteiger partial charge in [0.05, 0.1) is 0 Å². The maximum Gasteiger partial charge on any atom is 0.252 e. The molecule has 0 atom stereocenters. The predicted octanol–water partition coefficient (Wildman–Crippen LogP) is 12.6. The summed E-state index contributed by atoms with van der Waals surface area (Å²) in [5, 5.41) is 13.5. The van der Waals surface area contributed by atoms with E-state index in [2.05, 4.69) is 264 Å². The molecule has 0 spiro atoms. The highest BCUT2D eigenvalue weighted by Crippen LogP contribution is 2.49. The van der Waals surface area contributed by atoms with E-state index in [1.165, 1.54) is 126 Å². The Labute approximate surface area is 412 Å². The van der Waals surface area contributed by atoms with Gasteiger partial charge in [-0.3, -0.25) is 0 Å². The van der Waals surface area contributed by atoms with Crippen molar-refractivity contribution in [3.8, 4) is 11.1 Å². The van der Waals surface area contributed by atoms with Crippen molar-refractivity contribution in [1.82, 2.24) is 0 Å². The SMILES string of the molecule is CC(C)(C)c1cccc(N2c3cc(C(C)(C)C)ccc3B3c4cccc5c4N(c4ccccc4[Si]5(c4ccccc4)c4ccccc4)c4cc(-c5ccc6ccc7cccc8ccc5c6c78)cc2c43)c1. The summed E-state index contributed by atoms with van der Waals surface area (Å²) >= 11 is 0. The normalized spacial score (nSPS) is 14.5. The van der Waals surface area contributed by atoms with Crippen LogP contribution in [0, 0.1) is 0 Å². The fourth-order valence-electron chi connectivity index (χ4n) is 12.9. The molecule has 3 aliphatic rings. The van der Waals surface area contributed by atoms with Crippen LogP contribution in [0.25, 0.3) is 43.4 Å². The van der Waals surface area contributed by atoms with Gasteiger partial charge in [0, 0.05) is 34.1 Å². The summed E-state index contributed by atoms with van der Waals surface area (Å²) in [4.78, 5) is 5.33. The van der Waals surface area contributed by atoms with Crippen molar-refractivity contribution in [2.45, 2.75) is 52.4 Å². The van der Waals surface area contributed by atoms with Crippen LogP contribution >= 0.6 is 0 Å². The van der Waals surface area contributed by atoms with E-state index in [0.29, 0.717) is 0 Å². The average Bonchev–Trinajstić information content (AvgIpc) is 3.39. The topological polar surface area (TPSA) is 6.48 Å². The first-order valence-electron chi connectivity index (χ1n) is 25.0. The van der Waals surface area contributed by atoms with E-state index >= 15 is 0 Å². The average molecular weight is 913 g/mol. The van der Waals surface area contributed by atoms with Gasteiger partial charge in [0.15, 0.2) is 8.07 Å². The van der Waals surface area contributed by atoms with Gasteiger partial charge in [-0.05, 0) is 139 Å². The quantitative estimate of drug-likeness (QED) is 0.128. The number of para-hydroxylation sites is 2. The lowest BCUT2D eigenvalue weighted by Crippen LogP contribution is -2.79. The fourth-order valence-corrected chi connectivity index (χ4v) is 18.0. The van der Waals surface area contributed by atoms with Crippen molar-refractivity contribution in [1.29, 1.82) is 0 Å². The van der Waals surface area contributed by atoms with E-state index < -0.39 is 8.07 Å². The van der Waals surface area contributed by atoms with Gasteiger partial charge < -0.3 is 9.80 Å². The highest BCUT2D eigenvalue weighted by atomic mass is 28.3. The molecule has 11 aromatic carbocycles. The van der Waals surface area contributed by atoms with Crippen molar-refractivity contribution in [3.63, 3.8) is 0 Å². The zero-order valence-electron chi connectivity index (χ0n) is 40.7. The Balaban J connectivity index is 1.15. The Morgan fingerprint density at radius 2 is 0.986 bits per heavy atom. The summed E-state index contributed by atoms with van der Waals surface area (Å²) in [6.45, 7) is 14.0. The summed E-state index contributed by atoms with van der Waals surface area (Å²) < 4.78 is 0. The van der Waals surface area contributed by atoms with Crippen LogP contribution in [0.5, 0.6) is 0 Å². The van der Waals surface area contributed by atoms with Crippen LogP contribution in [-0.4, -0.2) is 14.8 Å². The van der Waals surface area contributed by atoms with Gasteiger partial charge in [-0.25, -0.2) is 0 Å². The lowest BCUT2D eigenvalue weighted by molar-refractivity contribution is 0.590. The molecule has 3 aliphatic heterocycles. The van der Waals surface area contributed by atoms with Gasteiger partial charge in [0.1, 0.15) is 0 Å². The molecule has 14 rings (SSSR count). The van der Waals surface area contributed by atoms with E-state index in [1.807, 2.05) is 0 Å². The van der Waals surface area contributed by atoms with Crippen LogP contribution in [0.4, 0.5) is 34.1 Å². The van der Waals surface area contributed by atoms with Crippen molar-refractivity contribution >= 4 is 118 Å².